The van der Waals surface area contributed by atoms with Crippen molar-refractivity contribution in [1.82, 2.24) is 24.3 Å². The van der Waals surface area contributed by atoms with Gasteiger partial charge in [0.15, 0.2) is 0 Å². The zero-order chi connectivity index (χ0) is 25.5. The number of fused-ring (bicyclic) bond motifs is 1. The molecular formula is C25H31N5O5. The maximum absolute atomic E-state index is 12.9. The molecule has 35 heavy (non-hydrogen) atoms. The van der Waals surface area contributed by atoms with Crippen LogP contribution in [0.2, 0.25) is 0 Å². The largest absolute Gasteiger partial charge is 0.444 e. The number of hydrogen-bond acceptors (Lipinski definition) is 6. The van der Waals surface area contributed by atoms with Crippen molar-refractivity contribution >= 4 is 28.9 Å². The van der Waals surface area contributed by atoms with E-state index in [0.29, 0.717) is 30.7 Å². The molecule has 0 bridgehead atoms. The number of imidazole rings is 1. The molecule has 2 aliphatic rings. The van der Waals surface area contributed by atoms with Crippen LogP contribution >= 0.6 is 0 Å². The van der Waals surface area contributed by atoms with E-state index in [1.165, 1.54) is 9.13 Å². The van der Waals surface area contributed by atoms with Gasteiger partial charge in [-0.1, -0.05) is 11.8 Å². The monoisotopic (exact) mass is 481 g/mol. The Hall–Kier alpha value is -3.58. The second-order valence-electron chi connectivity index (χ2n) is 10.1. The number of aromatic nitrogens is 2. The molecular weight excluding hydrogens is 450 g/mol. The highest BCUT2D eigenvalue weighted by atomic mass is 16.6. The summed E-state index contributed by atoms with van der Waals surface area (Å²) in [7, 11) is 3.62. The summed E-state index contributed by atoms with van der Waals surface area (Å²) >= 11 is 0. The van der Waals surface area contributed by atoms with E-state index in [2.05, 4.69) is 22.1 Å². The first kappa shape index (κ1) is 24.5. The Kier molecular flexibility index (Phi) is 6.47. The van der Waals surface area contributed by atoms with Crippen molar-refractivity contribution < 1.29 is 19.1 Å². The molecule has 2 fully saturated rings. The summed E-state index contributed by atoms with van der Waals surface area (Å²) in [6.07, 6.45) is 0.134. The second-order valence-corrected chi connectivity index (χ2v) is 10.1. The number of nitrogens with zero attached hydrogens (tertiary/aromatic N) is 4. The van der Waals surface area contributed by atoms with Gasteiger partial charge in [-0.25, -0.2) is 9.59 Å². The first-order valence-electron chi connectivity index (χ1n) is 11.7. The Labute approximate surface area is 203 Å². The Morgan fingerprint density at radius 1 is 1.11 bits per heavy atom. The molecule has 3 amide bonds. The molecule has 2 aromatic rings. The third-order valence-electron chi connectivity index (χ3n) is 6.29. The lowest BCUT2D eigenvalue weighted by atomic mass is 10.1. The van der Waals surface area contributed by atoms with E-state index in [9.17, 15) is 19.2 Å². The van der Waals surface area contributed by atoms with Crippen LogP contribution in [0.3, 0.4) is 0 Å². The van der Waals surface area contributed by atoms with Crippen molar-refractivity contribution in [3.8, 4) is 11.8 Å². The number of carbonyl (C=O) groups is 3. The van der Waals surface area contributed by atoms with Gasteiger partial charge in [-0.2, -0.15) is 0 Å². The molecule has 2 aliphatic heterocycles. The molecule has 4 rings (SSSR count). The minimum Gasteiger partial charge on any atom is -0.444 e. The van der Waals surface area contributed by atoms with E-state index in [1.54, 1.807) is 18.0 Å². The summed E-state index contributed by atoms with van der Waals surface area (Å²) in [5.74, 6) is 5.64. The van der Waals surface area contributed by atoms with Gasteiger partial charge in [0.2, 0.25) is 11.8 Å². The number of piperazine rings is 1. The van der Waals surface area contributed by atoms with E-state index >= 15 is 0 Å². The van der Waals surface area contributed by atoms with Crippen LogP contribution in [0.5, 0.6) is 0 Å². The molecule has 1 aromatic carbocycles. The van der Waals surface area contributed by atoms with Gasteiger partial charge in [-0.3, -0.25) is 28.9 Å². The van der Waals surface area contributed by atoms with E-state index < -0.39 is 17.6 Å². The number of nitrogens with one attached hydrogen (secondary N) is 1. The quantitative estimate of drug-likeness (QED) is 0.485. The number of aryl methyl sites for hydroxylation is 1. The van der Waals surface area contributed by atoms with Gasteiger partial charge in [0.05, 0.1) is 23.6 Å². The van der Waals surface area contributed by atoms with Crippen molar-refractivity contribution in [2.45, 2.75) is 51.3 Å². The smallest absolute Gasteiger partial charge is 0.410 e. The molecule has 2 saturated heterocycles. The zero-order valence-corrected chi connectivity index (χ0v) is 20.8. The van der Waals surface area contributed by atoms with Crippen molar-refractivity contribution in [3.63, 3.8) is 0 Å². The van der Waals surface area contributed by atoms with Crippen LogP contribution in [0.15, 0.2) is 23.0 Å². The minimum atomic E-state index is -0.726. The first-order chi connectivity index (χ1) is 16.4. The lowest BCUT2D eigenvalue weighted by Gasteiger charge is -2.37. The lowest BCUT2D eigenvalue weighted by Crippen LogP contribution is -2.53. The Morgan fingerprint density at radius 2 is 1.86 bits per heavy atom. The number of imide groups is 1. The molecule has 186 valence electrons. The molecule has 10 heteroatoms. The van der Waals surface area contributed by atoms with Gasteiger partial charge < -0.3 is 9.64 Å². The number of hydrogen-bond donors (Lipinski definition) is 1. The highest BCUT2D eigenvalue weighted by Crippen LogP contribution is 2.23. The van der Waals surface area contributed by atoms with Gasteiger partial charge in [-0.05, 0) is 52.4 Å². The molecule has 0 saturated carbocycles. The summed E-state index contributed by atoms with van der Waals surface area (Å²) in [4.78, 5) is 53.1. The Bertz CT molecular complexity index is 1310. The number of ether oxygens (including phenoxy) is 1. The summed E-state index contributed by atoms with van der Waals surface area (Å²) in [6.45, 7) is 7.22. The number of amides is 3. The van der Waals surface area contributed by atoms with Crippen molar-refractivity contribution in [2.24, 2.45) is 7.05 Å². The minimum absolute atomic E-state index is 0.163. The summed E-state index contributed by atoms with van der Waals surface area (Å²) in [6, 6.07) is 4.52. The SMILES string of the molecule is CN1CCN(C(=O)OC(C)(C)C)C[C@@H]1C#Cc1ccc2c(c1)n(C)c(=O)n2C1CCC(=O)NC1=O. The number of benzene rings is 1. The number of piperidine rings is 1. The van der Waals surface area contributed by atoms with Crippen LogP contribution in [0, 0.1) is 11.8 Å². The fourth-order valence-corrected chi connectivity index (χ4v) is 4.36. The maximum Gasteiger partial charge on any atom is 0.410 e. The molecule has 10 nitrogen and oxygen atoms in total. The molecule has 2 atom stereocenters. The van der Waals surface area contributed by atoms with Crippen LogP contribution in [0.1, 0.15) is 45.2 Å². The van der Waals surface area contributed by atoms with E-state index in [4.69, 9.17) is 4.74 Å². The van der Waals surface area contributed by atoms with Gasteiger partial charge in [0, 0.05) is 32.1 Å². The molecule has 3 heterocycles. The summed E-state index contributed by atoms with van der Waals surface area (Å²) < 4.78 is 8.43. The fraction of sp³-hybridized carbons (Fsp3) is 0.520. The summed E-state index contributed by atoms with van der Waals surface area (Å²) in [5.41, 5.74) is 1.11. The third kappa shape index (κ3) is 5.10. The topological polar surface area (TPSA) is 106 Å². The predicted octanol–water partition coefficient (Wildman–Crippen LogP) is 1.22. The normalized spacial score (nSPS) is 21.5. The number of rotatable bonds is 1. The van der Waals surface area contributed by atoms with Crippen LogP contribution in [0.4, 0.5) is 4.79 Å². The van der Waals surface area contributed by atoms with Crippen molar-refractivity contribution in [2.75, 3.05) is 26.7 Å². The molecule has 1 N–H and O–H groups in total. The Balaban J connectivity index is 1.58. The standard InChI is InChI=1S/C25H31N5O5/c1-25(2,3)35-24(34)29-13-12-27(4)17(15-29)8-6-16-7-9-18-20(14-16)28(5)23(33)30(18)19-10-11-21(31)26-22(19)32/h7,9,14,17,19H,10-13,15H2,1-5H3,(H,26,31,32)/t17-,19?/m0/s1. The van der Waals surface area contributed by atoms with Crippen LogP contribution in [-0.4, -0.2) is 75.2 Å². The van der Waals surface area contributed by atoms with Gasteiger partial charge in [0.1, 0.15) is 11.6 Å². The maximum atomic E-state index is 12.9. The molecule has 1 unspecified atom stereocenters. The first-order valence-corrected chi connectivity index (χ1v) is 11.7. The van der Waals surface area contributed by atoms with Crippen molar-refractivity contribution in [1.29, 1.82) is 0 Å². The van der Waals surface area contributed by atoms with E-state index in [0.717, 1.165) is 5.56 Å². The summed E-state index contributed by atoms with van der Waals surface area (Å²) in [5, 5.41) is 2.31. The van der Waals surface area contributed by atoms with Gasteiger partial charge in [0.25, 0.3) is 0 Å². The number of likely N-dealkylation sites (N-methyl/N-ethyl adjacent to an activating group) is 1. The second kappa shape index (κ2) is 9.23. The zero-order valence-electron chi connectivity index (χ0n) is 20.8. The van der Waals surface area contributed by atoms with Crippen LogP contribution < -0.4 is 11.0 Å². The van der Waals surface area contributed by atoms with E-state index in [1.807, 2.05) is 40.0 Å². The van der Waals surface area contributed by atoms with Gasteiger partial charge in [-0.15, -0.1) is 0 Å². The predicted molar refractivity (Wildman–Crippen MR) is 130 cm³/mol. The van der Waals surface area contributed by atoms with Crippen molar-refractivity contribution in [3.05, 3.63) is 34.2 Å². The fourth-order valence-electron chi connectivity index (χ4n) is 4.36. The van der Waals surface area contributed by atoms with Gasteiger partial charge >= 0.3 is 11.8 Å². The molecule has 1 aromatic heterocycles. The molecule has 0 radical (unpaired) electrons. The third-order valence-corrected chi connectivity index (χ3v) is 6.29. The number of carbonyl (C=O) groups excluding carboxylic acids is 3. The molecule has 0 spiro atoms. The van der Waals surface area contributed by atoms with E-state index in [-0.39, 0.29) is 36.6 Å². The highest BCUT2D eigenvalue weighted by Gasteiger charge is 2.32. The van der Waals surface area contributed by atoms with Crippen LogP contribution in [0.25, 0.3) is 11.0 Å². The average Bonchev–Trinajstić information content (AvgIpc) is 3.02. The lowest BCUT2D eigenvalue weighted by molar-refractivity contribution is -0.135. The highest BCUT2D eigenvalue weighted by molar-refractivity contribution is 6.00. The Morgan fingerprint density at radius 3 is 2.54 bits per heavy atom. The molecule has 0 aliphatic carbocycles. The van der Waals surface area contributed by atoms with Crippen LogP contribution in [-0.2, 0) is 21.4 Å². The average molecular weight is 482 g/mol.